The Morgan fingerprint density at radius 3 is 2.68 bits per heavy atom. The Morgan fingerprint density at radius 2 is 2.04 bits per heavy atom. The number of imidazole rings is 1. The lowest BCUT2D eigenvalue weighted by Crippen LogP contribution is -2.42. The van der Waals surface area contributed by atoms with Gasteiger partial charge in [0.05, 0.1) is 12.3 Å². The lowest BCUT2D eigenvalue weighted by Gasteiger charge is -2.09. The first kappa shape index (κ1) is 22.2. The normalized spacial score (nSPS) is 11.4. The zero-order valence-electron chi connectivity index (χ0n) is 16.3. The van der Waals surface area contributed by atoms with E-state index in [0.717, 1.165) is 24.1 Å². The van der Waals surface area contributed by atoms with Gasteiger partial charge >= 0.3 is 0 Å². The van der Waals surface area contributed by atoms with Gasteiger partial charge in [0, 0.05) is 24.0 Å². The van der Waals surface area contributed by atoms with E-state index < -0.39 is 15.9 Å². The summed E-state index contributed by atoms with van der Waals surface area (Å²) in [6, 6.07) is 5.64. The monoisotopic (exact) mass is 427 g/mol. The van der Waals surface area contributed by atoms with E-state index in [1.807, 2.05) is 32.2 Å². The molecule has 0 saturated heterocycles. The fraction of sp³-hybridized carbons (Fsp3) is 0.444. The molecule has 8 nitrogen and oxygen atoms in total. The smallest absolute Gasteiger partial charge is 0.286 e. The van der Waals surface area contributed by atoms with Crippen molar-refractivity contribution < 1.29 is 13.2 Å². The highest BCUT2D eigenvalue weighted by Crippen LogP contribution is 2.22. The van der Waals surface area contributed by atoms with Gasteiger partial charge in [-0.2, -0.15) is 0 Å². The van der Waals surface area contributed by atoms with Crippen LogP contribution in [0.1, 0.15) is 48.1 Å². The van der Waals surface area contributed by atoms with E-state index in [2.05, 4.69) is 20.6 Å². The van der Waals surface area contributed by atoms with Crippen LogP contribution in [0, 0.1) is 6.92 Å². The Balaban J connectivity index is 2.02. The first-order chi connectivity index (χ1) is 13.3. The van der Waals surface area contributed by atoms with E-state index in [9.17, 15) is 13.2 Å². The van der Waals surface area contributed by atoms with Gasteiger partial charge in [-0.25, -0.2) is 13.4 Å². The van der Waals surface area contributed by atoms with Crippen LogP contribution >= 0.6 is 11.6 Å². The van der Waals surface area contributed by atoms with Gasteiger partial charge in [0.25, 0.3) is 5.91 Å². The topological polar surface area (TPSA) is 105 Å². The fourth-order valence-corrected chi connectivity index (χ4v) is 3.75. The molecule has 0 radical (unpaired) electrons. The van der Waals surface area contributed by atoms with Crippen molar-refractivity contribution in [3.8, 4) is 0 Å². The number of amides is 1. The third-order valence-electron chi connectivity index (χ3n) is 4.23. The molecular formula is C18H26ClN5O3S. The zero-order valence-corrected chi connectivity index (χ0v) is 17.8. The molecule has 0 bridgehead atoms. The number of hydrogen-bond donors (Lipinski definition) is 3. The van der Waals surface area contributed by atoms with Gasteiger partial charge in [-0.3, -0.25) is 10.2 Å². The number of carbonyl (C=O) groups is 1. The number of unbranched alkanes of at least 4 members (excludes halogenated alkanes) is 2. The molecule has 2 aromatic rings. The summed E-state index contributed by atoms with van der Waals surface area (Å²) >= 11 is 6.30. The van der Waals surface area contributed by atoms with Gasteiger partial charge in [0.15, 0.2) is 0 Å². The third-order valence-corrected chi connectivity index (χ3v) is 5.82. The van der Waals surface area contributed by atoms with Crippen LogP contribution in [0.25, 0.3) is 0 Å². The molecular weight excluding hydrogens is 402 g/mol. The summed E-state index contributed by atoms with van der Waals surface area (Å²) in [4.78, 5) is 18.6. The average molecular weight is 428 g/mol. The number of aromatic nitrogens is 2. The summed E-state index contributed by atoms with van der Waals surface area (Å²) in [6.45, 7) is 4.20. The number of rotatable bonds is 10. The fourth-order valence-electron chi connectivity index (χ4n) is 2.57. The number of hydrazine groups is 1. The van der Waals surface area contributed by atoms with Gasteiger partial charge in [0.2, 0.25) is 10.0 Å². The largest absolute Gasteiger partial charge is 0.388 e. The summed E-state index contributed by atoms with van der Waals surface area (Å²) < 4.78 is 25.5. The van der Waals surface area contributed by atoms with Gasteiger partial charge in [-0.15, -0.1) is 4.83 Å². The van der Waals surface area contributed by atoms with Crippen molar-refractivity contribution in [2.45, 2.75) is 39.7 Å². The van der Waals surface area contributed by atoms with Crippen molar-refractivity contribution in [3.63, 3.8) is 0 Å². The van der Waals surface area contributed by atoms with Crippen molar-refractivity contribution in [1.82, 2.24) is 19.8 Å². The highest BCUT2D eigenvalue weighted by Gasteiger charge is 2.16. The zero-order chi connectivity index (χ0) is 20.7. The Labute approximate surface area is 170 Å². The minimum absolute atomic E-state index is 0.0320. The van der Waals surface area contributed by atoms with Crippen molar-refractivity contribution >= 4 is 33.2 Å². The van der Waals surface area contributed by atoms with Crippen molar-refractivity contribution in [2.75, 3.05) is 18.1 Å². The van der Waals surface area contributed by atoms with Crippen LogP contribution in [-0.2, 0) is 16.6 Å². The van der Waals surface area contributed by atoms with E-state index in [4.69, 9.17) is 11.6 Å². The molecule has 0 fully saturated rings. The summed E-state index contributed by atoms with van der Waals surface area (Å²) in [6.07, 6.45) is 3.84. The molecule has 0 aliphatic heterocycles. The number of benzene rings is 1. The van der Waals surface area contributed by atoms with Crippen LogP contribution in [-0.4, -0.2) is 36.7 Å². The number of sulfonamides is 1. The number of halogens is 1. The second-order valence-corrected chi connectivity index (χ2v) is 8.69. The second kappa shape index (κ2) is 9.90. The average Bonchev–Trinajstić information content (AvgIpc) is 3.02. The SMILES string of the molecule is CCCCCS(=O)(=O)NNC(=O)c1cn(Cc2ccc(NC)cc2Cl)c(C)n1. The van der Waals surface area contributed by atoms with Crippen molar-refractivity contribution in [1.29, 1.82) is 0 Å². The standard InChI is InChI=1S/C18H26ClN5O3S/c1-4-5-6-9-28(26,27)23-22-18(25)17-12-24(13(2)21-17)11-14-7-8-15(20-3)10-16(14)19/h7-8,10,12,20,23H,4-6,9,11H2,1-3H3,(H,22,25). The van der Waals surface area contributed by atoms with E-state index in [1.165, 1.54) is 0 Å². The lowest BCUT2D eigenvalue weighted by atomic mass is 10.2. The number of aryl methyl sites for hydroxylation is 1. The number of hydrogen-bond acceptors (Lipinski definition) is 5. The van der Waals surface area contributed by atoms with Crippen LogP contribution in [0.5, 0.6) is 0 Å². The first-order valence-corrected chi connectivity index (χ1v) is 11.1. The van der Waals surface area contributed by atoms with Gasteiger partial charge in [0.1, 0.15) is 11.5 Å². The van der Waals surface area contributed by atoms with E-state index >= 15 is 0 Å². The highest BCUT2D eigenvalue weighted by atomic mass is 35.5. The molecule has 1 heterocycles. The molecule has 0 atom stereocenters. The number of carbonyl (C=O) groups excluding carboxylic acids is 1. The molecule has 154 valence electrons. The second-order valence-electron chi connectivity index (χ2n) is 6.44. The Hall–Kier alpha value is -2.10. The van der Waals surface area contributed by atoms with Gasteiger partial charge in [-0.05, 0) is 31.0 Å². The van der Waals surface area contributed by atoms with Crippen LogP contribution in [0.3, 0.4) is 0 Å². The molecule has 10 heteroatoms. The number of nitrogens with one attached hydrogen (secondary N) is 3. The van der Waals surface area contributed by atoms with E-state index in [1.54, 1.807) is 17.7 Å². The van der Waals surface area contributed by atoms with Crippen LogP contribution in [0.2, 0.25) is 5.02 Å². The minimum Gasteiger partial charge on any atom is -0.388 e. The Bertz CT molecular complexity index is 927. The number of nitrogens with zero attached hydrogens (tertiary/aromatic N) is 2. The van der Waals surface area contributed by atoms with Gasteiger partial charge < -0.3 is 9.88 Å². The van der Waals surface area contributed by atoms with Gasteiger partial charge in [-0.1, -0.05) is 37.4 Å². The molecule has 28 heavy (non-hydrogen) atoms. The summed E-state index contributed by atoms with van der Waals surface area (Å²) in [5.74, 6) is -0.0300. The van der Waals surface area contributed by atoms with Crippen LogP contribution < -0.4 is 15.6 Å². The Kier molecular flexibility index (Phi) is 7.85. The molecule has 1 aromatic heterocycles. The first-order valence-electron chi connectivity index (χ1n) is 9.05. The van der Waals surface area contributed by atoms with Crippen molar-refractivity contribution in [2.24, 2.45) is 0 Å². The van der Waals surface area contributed by atoms with E-state index in [0.29, 0.717) is 23.8 Å². The third kappa shape index (κ3) is 6.22. The molecule has 0 saturated carbocycles. The lowest BCUT2D eigenvalue weighted by molar-refractivity contribution is 0.0940. The minimum atomic E-state index is -3.56. The summed E-state index contributed by atoms with van der Waals surface area (Å²) in [5, 5.41) is 3.62. The molecule has 0 aliphatic rings. The van der Waals surface area contributed by atoms with Crippen LogP contribution in [0.15, 0.2) is 24.4 Å². The molecule has 0 aliphatic carbocycles. The molecule has 3 N–H and O–H groups in total. The van der Waals surface area contributed by atoms with Crippen LogP contribution in [0.4, 0.5) is 5.69 Å². The molecule has 2 rings (SSSR count). The molecule has 0 spiro atoms. The predicted octanol–water partition coefficient (Wildman–Crippen LogP) is 2.69. The number of anilines is 1. The highest BCUT2D eigenvalue weighted by molar-refractivity contribution is 7.89. The maximum absolute atomic E-state index is 12.2. The Morgan fingerprint density at radius 1 is 1.29 bits per heavy atom. The maximum atomic E-state index is 12.2. The molecule has 1 aromatic carbocycles. The molecule has 0 unspecified atom stereocenters. The van der Waals surface area contributed by atoms with Crippen molar-refractivity contribution in [3.05, 3.63) is 46.5 Å². The van der Waals surface area contributed by atoms with E-state index in [-0.39, 0.29) is 11.4 Å². The maximum Gasteiger partial charge on any atom is 0.286 e. The summed E-state index contributed by atoms with van der Waals surface area (Å²) in [7, 11) is -1.75. The quantitative estimate of drug-likeness (QED) is 0.399. The summed E-state index contributed by atoms with van der Waals surface area (Å²) in [5.41, 5.74) is 4.12. The predicted molar refractivity (Wildman–Crippen MR) is 111 cm³/mol. The molecule has 1 amide bonds.